The van der Waals surface area contributed by atoms with E-state index in [1.807, 2.05) is 13.8 Å². The van der Waals surface area contributed by atoms with E-state index in [-0.39, 0.29) is 0 Å². The second-order valence-electron chi connectivity index (χ2n) is 4.65. The van der Waals surface area contributed by atoms with Crippen LogP contribution in [-0.2, 0) is 19.1 Å². The first kappa shape index (κ1) is 14.4. The monoisotopic (exact) mass is 253 g/mol. The molecule has 1 unspecified atom stereocenters. The first-order chi connectivity index (χ1) is 8.47. The fourth-order valence-electron chi connectivity index (χ4n) is 1.67. The van der Waals surface area contributed by atoms with Gasteiger partial charge in [-0.25, -0.2) is 4.79 Å². The van der Waals surface area contributed by atoms with Crippen LogP contribution in [0.25, 0.3) is 0 Å². The number of hydrogen-bond acceptors (Lipinski definition) is 4. The highest BCUT2D eigenvalue weighted by molar-refractivity contribution is 6.14. The maximum atomic E-state index is 11.8. The van der Waals surface area contributed by atoms with Gasteiger partial charge in [0.2, 0.25) is 0 Å². The van der Waals surface area contributed by atoms with Crippen molar-refractivity contribution in [2.45, 2.75) is 39.7 Å². The lowest BCUT2D eigenvalue weighted by molar-refractivity contribution is -0.157. The summed E-state index contributed by atoms with van der Waals surface area (Å²) in [6.07, 6.45) is 3.47. The highest BCUT2D eigenvalue weighted by Crippen LogP contribution is 2.14. The average molecular weight is 253 g/mol. The van der Waals surface area contributed by atoms with E-state index in [1.165, 1.54) is 12.2 Å². The molecule has 0 aliphatic carbocycles. The number of rotatable bonds is 6. The average Bonchev–Trinajstić information content (AvgIpc) is 2.61. The Morgan fingerprint density at radius 1 is 1.28 bits per heavy atom. The van der Waals surface area contributed by atoms with E-state index >= 15 is 0 Å². The maximum Gasteiger partial charge on any atom is 0.329 e. The number of nitrogens with zero attached hydrogens (tertiary/aromatic N) is 1. The van der Waals surface area contributed by atoms with Crippen LogP contribution in [0, 0.1) is 5.92 Å². The summed E-state index contributed by atoms with van der Waals surface area (Å²) in [5.74, 6) is -0.974. The first-order valence-electron chi connectivity index (χ1n) is 6.19. The van der Waals surface area contributed by atoms with E-state index in [9.17, 15) is 14.4 Å². The van der Waals surface area contributed by atoms with Gasteiger partial charge in [0.05, 0.1) is 6.61 Å². The molecule has 100 valence electrons. The van der Waals surface area contributed by atoms with Gasteiger partial charge >= 0.3 is 5.97 Å². The van der Waals surface area contributed by atoms with E-state index in [0.29, 0.717) is 18.9 Å². The van der Waals surface area contributed by atoms with E-state index in [2.05, 4.69) is 0 Å². The van der Waals surface area contributed by atoms with E-state index < -0.39 is 23.8 Å². The molecule has 5 nitrogen and oxygen atoms in total. The molecule has 0 N–H and O–H groups in total. The lowest BCUT2D eigenvalue weighted by Gasteiger charge is -2.23. The van der Waals surface area contributed by atoms with Gasteiger partial charge in [-0.1, -0.05) is 20.8 Å². The van der Waals surface area contributed by atoms with Gasteiger partial charge in [-0.15, -0.1) is 0 Å². The highest BCUT2D eigenvalue weighted by Gasteiger charge is 2.35. The van der Waals surface area contributed by atoms with Crippen molar-refractivity contribution in [1.82, 2.24) is 4.90 Å². The number of amides is 2. The van der Waals surface area contributed by atoms with Crippen molar-refractivity contribution in [2.24, 2.45) is 5.92 Å². The summed E-state index contributed by atoms with van der Waals surface area (Å²) in [7, 11) is 0. The fraction of sp³-hybridized carbons (Fsp3) is 0.615. The van der Waals surface area contributed by atoms with Crippen LogP contribution in [0.15, 0.2) is 12.2 Å². The highest BCUT2D eigenvalue weighted by atomic mass is 16.5. The molecule has 2 amide bonds. The molecular formula is C13H19NO4. The van der Waals surface area contributed by atoms with Crippen LogP contribution in [0.5, 0.6) is 0 Å². The Bertz CT molecular complexity index is 355. The van der Waals surface area contributed by atoms with Gasteiger partial charge in [0.1, 0.15) is 6.04 Å². The Morgan fingerprint density at radius 3 is 2.28 bits per heavy atom. The molecule has 1 aliphatic heterocycles. The zero-order chi connectivity index (χ0) is 13.7. The Labute approximate surface area is 107 Å². The third kappa shape index (κ3) is 3.42. The molecule has 18 heavy (non-hydrogen) atoms. The number of ether oxygens (including phenoxy) is 1. The fourth-order valence-corrected chi connectivity index (χ4v) is 1.67. The van der Waals surface area contributed by atoms with Gasteiger partial charge in [0, 0.05) is 12.2 Å². The van der Waals surface area contributed by atoms with E-state index in [0.717, 1.165) is 11.3 Å². The zero-order valence-electron chi connectivity index (χ0n) is 11.0. The van der Waals surface area contributed by atoms with Crippen LogP contribution in [0.4, 0.5) is 0 Å². The quantitative estimate of drug-likeness (QED) is 0.528. The molecule has 0 fully saturated rings. The normalized spacial score (nSPS) is 16.6. The Balaban J connectivity index is 2.58. The molecule has 0 saturated carbocycles. The summed E-state index contributed by atoms with van der Waals surface area (Å²) < 4.78 is 5.10. The summed E-state index contributed by atoms with van der Waals surface area (Å²) in [5.41, 5.74) is 0. The van der Waals surface area contributed by atoms with Crippen molar-refractivity contribution >= 4 is 17.8 Å². The smallest absolute Gasteiger partial charge is 0.329 e. The summed E-state index contributed by atoms with van der Waals surface area (Å²) in [5, 5.41) is 0. The minimum Gasteiger partial charge on any atom is -0.464 e. The molecule has 0 aromatic heterocycles. The van der Waals surface area contributed by atoms with Crippen molar-refractivity contribution in [2.75, 3.05) is 6.61 Å². The summed E-state index contributed by atoms with van der Waals surface area (Å²) >= 11 is 0. The molecule has 1 aliphatic rings. The number of imide groups is 1. The van der Waals surface area contributed by atoms with E-state index in [1.54, 1.807) is 6.92 Å². The van der Waals surface area contributed by atoms with Gasteiger partial charge in [-0.3, -0.25) is 14.5 Å². The lowest BCUT2D eigenvalue weighted by atomic mass is 10.1. The molecule has 5 heteroatoms. The van der Waals surface area contributed by atoms with Crippen molar-refractivity contribution < 1.29 is 19.1 Å². The predicted octanol–water partition coefficient (Wildman–Crippen LogP) is 1.28. The number of carbonyl (C=O) groups is 3. The minimum absolute atomic E-state index is 0.316. The molecular weight excluding hydrogens is 234 g/mol. The molecule has 0 radical (unpaired) electrons. The topological polar surface area (TPSA) is 63.7 Å². The lowest BCUT2D eigenvalue weighted by Crippen LogP contribution is -2.45. The van der Waals surface area contributed by atoms with Crippen molar-refractivity contribution in [1.29, 1.82) is 0 Å². The predicted molar refractivity (Wildman–Crippen MR) is 65.5 cm³/mol. The van der Waals surface area contributed by atoms with Crippen LogP contribution < -0.4 is 0 Å². The molecule has 0 aromatic rings. The zero-order valence-corrected chi connectivity index (χ0v) is 11.0. The molecule has 0 saturated heterocycles. The number of esters is 1. The van der Waals surface area contributed by atoms with Crippen LogP contribution >= 0.6 is 0 Å². The Morgan fingerprint density at radius 2 is 1.83 bits per heavy atom. The SMILES string of the molecule is CCC(C(=O)OCCC(C)C)N1C(=O)C=CC1=O. The molecule has 1 rings (SSSR count). The number of hydrogen-bond donors (Lipinski definition) is 0. The molecule has 1 atom stereocenters. The standard InChI is InChI=1S/C13H19NO4/c1-4-10(13(17)18-8-7-9(2)3)14-11(15)5-6-12(14)16/h5-6,9-10H,4,7-8H2,1-3H3. The summed E-state index contributed by atoms with van der Waals surface area (Å²) in [4.78, 5) is 35.8. The van der Waals surface area contributed by atoms with Gasteiger partial charge in [-0.2, -0.15) is 0 Å². The second kappa shape index (κ2) is 6.33. The molecule has 0 bridgehead atoms. The van der Waals surface area contributed by atoms with Crippen molar-refractivity contribution in [3.05, 3.63) is 12.2 Å². The Hall–Kier alpha value is -1.65. The van der Waals surface area contributed by atoms with Gasteiger partial charge in [-0.05, 0) is 18.8 Å². The molecule has 0 spiro atoms. The third-order valence-corrected chi connectivity index (χ3v) is 2.75. The molecule has 1 heterocycles. The maximum absolute atomic E-state index is 11.8. The van der Waals surface area contributed by atoms with Crippen LogP contribution in [0.3, 0.4) is 0 Å². The number of carbonyl (C=O) groups excluding carboxylic acids is 3. The largest absolute Gasteiger partial charge is 0.464 e. The summed E-state index contributed by atoms with van der Waals surface area (Å²) in [6.45, 7) is 6.12. The van der Waals surface area contributed by atoms with Gasteiger partial charge in [0.15, 0.2) is 0 Å². The first-order valence-corrected chi connectivity index (χ1v) is 6.19. The summed E-state index contributed by atoms with van der Waals surface area (Å²) in [6, 6.07) is -0.813. The van der Waals surface area contributed by atoms with Crippen LogP contribution in [0.2, 0.25) is 0 Å². The van der Waals surface area contributed by atoms with Crippen LogP contribution in [-0.4, -0.2) is 35.3 Å². The Kier molecular flexibility index (Phi) is 5.07. The van der Waals surface area contributed by atoms with Crippen LogP contribution in [0.1, 0.15) is 33.6 Å². The van der Waals surface area contributed by atoms with E-state index in [4.69, 9.17) is 4.74 Å². The molecule has 0 aromatic carbocycles. The minimum atomic E-state index is -0.813. The van der Waals surface area contributed by atoms with Crippen molar-refractivity contribution in [3.63, 3.8) is 0 Å². The second-order valence-corrected chi connectivity index (χ2v) is 4.65. The van der Waals surface area contributed by atoms with Gasteiger partial charge in [0.25, 0.3) is 11.8 Å². The van der Waals surface area contributed by atoms with Crippen molar-refractivity contribution in [3.8, 4) is 0 Å². The third-order valence-electron chi connectivity index (χ3n) is 2.75. The van der Waals surface area contributed by atoms with Gasteiger partial charge < -0.3 is 4.74 Å².